The Morgan fingerprint density at radius 1 is 1.17 bits per heavy atom. The standard InChI is InChI=1S/C14H23NO3/c1-2-17-11-12-18-14-8-4-3-7-13(14)15-9-5-6-10-16/h3-4,7-8,15-16H,2,5-6,9-12H2,1H3. The maximum Gasteiger partial charge on any atom is 0.142 e. The summed E-state index contributed by atoms with van der Waals surface area (Å²) in [5, 5.41) is 12.0. The lowest BCUT2D eigenvalue weighted by Crippen LogP contribution is -2.09. The Morgan fingerprint density at radius 3 is 2.78 bits per heavy atom. The summed E-state index contributed by atoms with van der Waals surface area (Å²) in [6.07, 6.45) is 1.77. The zero-order valence-electron chi connectivity index (χ0n) is 11.0. The maximum atomic E-state index is 8.72. The molecule has 0 atom stereocenters. The lowest BCUT2D eigenvalue weighted by Gasteiger charge is -2.13. The van der Waals surface area contributed by atoms with Crippen LogP contribution in [0, 0.1) is 0 Å². The third-order valence-electron chi connectivity index (χ3n) is 2.48. The summed E-state index contributed by atoms with van der Waals surface area (Å²) in [6, 6.07) is 7.87. The normalized spacial score (nSPS) is 10.3. The molecule has 102 valence electrons. The van der Waals surface area contributed by atoms with E-state index in [9.17, 15) is 0 Å². The monoisotopic (exact) mass is 253 g/mol. The van der Waals surface area contributed by atoms with Crippen LogP contribution in [0.5, 0.6) is 5.75 Å². The number of nitrogens with one attached hydrogen (secondary N) is 1. The summed E-state index contributed by atoms with van der Waals surface area (Å²) < 4.78 is 10.9. The minimum absolute atomic E-state index is 0.244. The Labute approximate surface area is 109 Å². The molecule has 0 radical (unpaired) electrons. The van der Waals surface area contributed by atoms with E-state index in [-0.39, 0.29) is 6.61 Å². The molecule has 1 aromatic carbocycles. The van der Waals surface area contributed by atoms with Crippen molar-refractivity contribution in [3.05, 3.63) is 24.3 Å². The Balaban J connectivity index is 2.36. The van der Waals surface area contributed by atoms with Gasteiger partial charge in [0.25, 0.3) is 0 Å². The largest absolute Gasteiger partial charge is 0.489 e. The van der Waals surface area contributed by atoms with Crippen molar-refractivity contribution in [3.63, 3.8) is 0 Å². The number of aliphatic hydroxyl groups excluding tert-OH is 1. The van der Waals surface area contributed by atoms with Crippen molar-refractivity contribution in [3.8, 4) is 5.75 Å². The summed E-state index contributed by atoms with van der Waals surface area (Å²) in [4.78, 5) is 0. The van der Waals surface area contributed by atoms with Gasteiger partial charge in [0.1, 0.15) is 12.4 Å². The van der Waals surface area contributed by atoms with Crippen LogP contribution in [0.4, 0.5) is 5.69 Å². The Hall–Kier alpha value is -1.26. The molecule has 0 aromatic heterocycles. The van der Waals surface area contributed by atoms with E-state index in [1.807, 2.05) is 31.2 Å². The molecule has 0 heterocycles. The first-order chi connectivity index (χ1) is 8.88. The smallest absolute Gasteiger partial charge is 0.142 e. The molecule has 0 spiro atoms. The highest BCUT2D eigenvalue weighted by atomic mass is 16.5. The molecule has 18 heavy (non-hydrogen) atoms. The topological polar surface area (TPSA) is 50.7 Å². The van der Waals surface area contributed by atoms with Gasteiger partial charge < -0.3 is 19.9 Å². The van der Waals surface area contributed by atoms with Crippen molar-refractivity contribution < 1.29 is 14.6 Å². The van der Waals surface area contributed by atoms with Crippen molar-refractivity contribution in [2.45, 2.75) is 19.8 Å². The van der Waals surface area contributed by atoms with Gasteiger partial charge in [-0.25, -0.2) is 0 Å². The van der Waals surface area contributed by atoms with Gasteiger partial charge >= 0.3 is 0 Å². The van der Waals surface area contributed by atoms with Gasteiger partial charge in [0.2, 0.25) is 0 Å². The Bertz CT molecular complexity index is 287. The van der Waals surface area contributed by atoms with Crippen molar-refractivity contribution in [2.24, 2.45) is 0 Å². The second-order valence-electron chi connectivity index (χ2n) is 3.90. The molecule has 0 bridgehead atoms. The predicted molar refractivity (Wildman–Crippen MR) is 73.2 cm³/mol. The van der Waals surface area contributed by atoms with Crippen molar-refractivity contribution in [1.29, 1.82) is 0 Å². The number of anilines is 1. The fourth-order valence-corrected chi connectivity index (χ4v) is 1.55. The molecular weight excluding hydrogens is 230 g/mol. The third kappa shape index (κ3) is 5.89. The SMILES string of the molecule is CCOCCOc1ccccc1NCCCCO. The van der Waals surface area contributed by atoms with Crippen LogP contribution in [0.1, 0.15) is 19.8 Å². The molecule has 0 saturated heterocycles. The zero-order chi connectivity index (χ0) is 13.1. The molecule has 0 amide bonds. The number of hydrogen-bond donors (Lipinski definition) is 2. The third-order valence-corrected chi connectivity index (χ3v) is 2.48. The summed E-state index contributed by atoms with van der Waals surface area (Å²) in [7, 11) is 0. The van der Waals surface area contributed by atoms with Gasteiger partial charge in [0, 0.05) is 19.8 Å². The molecule has 0 unspecified atom stereocenters. The molecule has 0 aliphatic carbocycles. The quantitative estimate of drug-likeness (QED) is 0.628. The predicted octanol–water partition coefficient (Wildman–Crippen LogP) is 2.29. The number of para-hydroxylation sites is 2. The van der Waals surface area contributed by atoms with Gasteiger partial charge in [-0.2, -0.15) is 0 Å². The first kappa shape index (κ1) is 14.8. The van der Waals surface area contributed by atoms with Gasteiger partial charge in [0.15, 0.2) is 0 Å². The average Bonchev–Trinajstić information content (AvgIpc) is 2.41. The number of rotatable bonds is 10. The summed E-state index contributed by atoms with van der Waals surface area (Å²) in [5.74, 6) is 0.848. The molecule has 4 nitrogen and oxygen atoms in total. The second-order valence-corrected chi connectivity index (χ2v) is 3.90. The number of ether oxygens (including phenoxy) is 2. The van der Waals surface area contributed by atoms with E-state index in [1.165, 1.54) is 0 Å². The van der Waals surface area contributed by atoms with E-state index >= 15 is 0 Å². The number of benzene rings is 1. The number of hydrogen-bond acceptors (Lipinski definition) is 4. The van der Waals surface area contributed by atoms with Crippen molar-refractivity contribution in [1.82, 2.24) is 0 Å². The molecule has 2 N–H and O–H groups in total. The number of unbranched alkanes of at least 4 members (excludes halogenated alkanes) is 1. The van der Waals surface area contributed by atoms with E-state index in [2.05, 4.69) is 5.32 Å². The van der Waals surface area contributed by atoms with Crippen molar-refractivity contribution >= 4 is 5.69 Å². The highest BCUT2D eigenvalue weighted by Gasteiger charge is 2.01. The van der Waals surface area contributed by atoms with Gasteiger partial charge in [-0.1, -0.05) is 12.1 Å². The molecular formula is C14H23NO3. The van der Waals surface area contributed by atoms with Gasteiger partial charge in [0.05, 0.1) is 12.3 Å². The minimum Gasteiger partial charge on any atom is -0.489 e. The van der Waals surface area contributed by atoms with Gasteiger partial charge in [-0.15, -0.1) is 0 Å². The van der Waals surface area contributed by atoms with Crippen LogP contribution in [0.3, 0.4) is 0 Å². The molecule has 0 saturated carbocycles. The molecule has 4 heteroatoms. The highest BCUT2D eigenvalue weighted by molar-refractivity contribution is 5.56. The van der Waals surface area contributed by atoms with Crippen LogP contribution in [0.2, 0.25) is 0 Å². The fraction of sp³-hybridized carbons (Fsp3) is 0.571. The summed E-state index contributed by atoms with van der Waals surface area (Å²) in [6.45, 7) is 4.93. The molecule has 0 aliphatic heterocycles. The first-order valence-electron chi connectivity index (χ1n) is 6.52. The van der Waals surface area contributed by atoms with E-state index < -0.39 is 0 Å². The van der Waals surface area contributed by atoms with E-state index in [4.69, 9.17) is 14.6 Å². The number of aliphatic hydroxyl groups is 1. The van der Waals surface area contributed by atoms with E-state index in [0.717, 1.165) is 30.8 Å². The second kappa shape index (κ2) is 9.74. The Morgan fingerprint density at radius 2 is 2.00 bits per heavy atom. The van der Waals surface area contributed by atoms with Crippen LogP contribution >= 0.6 is 0 Å². The van der Waals surface area contributed by atoms with Crippen LogP contribution in [0.25, 0.3) is 0 Å². The van der Waals surface area contributed by atoms with Gasteiger partial charge in [-0.05, 0) is 31.9 Å². The van der Waals surface area contributed by atoms with Crippen molar-refractivity contribution in [2.75, 3.05) is 38.3 Å². The van der Waals surface area contributed by atoms with Crippen LogP contribution < -0.4 is 10.1 Å². The van der Waals surface area contributed by atoms with E-state index in [0.29, 0.717) is 19.8 Å². The fourth-order valence-electron chi connectivity index (χ4n) is 1.55. The lowest BCUT2D eigenvalue weighted by molar-refractivity contribution is 0.110. The first-order valence-corrected chi connectivity index (χ1v) is 6.52. The zero-order valence-corrected chi connectivity index (χ0v) is 11.0. The van der Waals surface area contributed by atoms with Crippen LogP contribution in [-0.4, -0.2) is 38.1 Å². The van der Waals surface area contributed by atoms with Crippen LogP contribution in [-0.2, 0) is 4.74 Å². The Kier molecular flexibility index (Phi) is 8.01. The van der Waals surface area contributed by atoms with Gasteiger partial charge in [-0.3, -0.25) is 0 Å². The molecule has 0 fully saturated rings. The highest BCUT2D eigenvalue weighted by Crippen LogP contribution is 2.23. The summed E-state index contributed by atoms with van der Waals surface area (Å²) >= 11 is 0. The molecule has 0 aliphatic rings. The molecule has 1 aromatic rings. The summed E-state index contributed by atoms with van der Waals surface area (Å²) in [5.41, 5.74) is 0.993. The maximum absolute atomic E-state index is 8.72. The lowest BCUT2D eigenvalue weighted by atomic mass is 10.2. The minimum atomic E-state index is 0.244. The van der Waals surface area contributed by atoms with Crippen LogP contribution in [0.15, 0.2) is 24.3 Å². The van der Waals surface area contributed by atoms with E-state index in [1.54, 1.807) is 0 Å². The average molecular weight is 253 g/mol. The molecule has 1 rings (SSSR count).